The Bertz CT molecular complexity index is 1130. The predicted octanol–water partition coefficient (Wildman–Crippen LogP) is 5.01. The first-order valence-corrected chi connectivity index (χ1v) is 11.3. The highest BCUT2D eigenvalue weighted by atomic mass is 35.5. The SMILES string of the molecule is CCc1ccc(N(C(=O)COc2ccc(Cl)cc2C)S(=O)(=O)c2ccccc2)cc1. The third kappa shape index (κ3) is 4.83. The molecular formula is C23H22ClNO4S. The highest BCUT2D eigenvalue weighted by Gasteiger charge is 2.31. The first kappa shape index (κ1) is 21.9. The van der Waals surface area contributed by atoms with Crippen molar-refractivity contribution >= 4 is 33.2 Å². The van der Waals surface area contributed by atoms with Crippen LogP contribution in [0, 0.1) is 6.92 Å². The summed E-state index contributed by atoms with van der Waals surface area (Å²) in [5.41, 5.74) is 2.05. The van der Waals surface area contributed by atoms with E-state index in [1.54, 1.807) is 67.6 Å². The molecule has 0 unspecified atom stereocenters. The van der Waals surface area contributed by atoms with Gasteiger partial charge in [-0.1, -0.05) is 48.9 Å². The summed E-state index contributed by atoms with van der Waals surface area (Å²) in [6, 6.07) is 19.7. The summed E-state index contributed by atoms with van der Waals surface area (Å²) in [4.78, 5) is 13.1. The van der Waals surface area contributed by atoms with E-state index >= 15 is 0 Å². The van der Waals surface area contributed by atoms with E-state index in [1.807, 2.05) is 6.92 Å². The number of sulfonamides is 1. The first-order chi connectivity index (χ1) is 14.3. The van der Waals surface area contributed by atoms with Crippen molar-refractivity contribution in [2.24, 2.45) is 0 Å². The molecule has 3 rings (SSSR count). The second kappa shape index (κ2) is 9.32. The Morgan fingerprint density at radius 2 is 1.67 bits per heavy atom. The standard InChI is InChI=1S/C23H22ClNO4S/c1-3-18-9-12-20(13-10-18)25(30(27,28)21-7-5-4-6-8-21)23(26)16-29-22-14-11-19(24)15-17(22)2/h4-15H,3,16H2,1-2H3. The lowest BCUT2D eigenvalue weighted by Crippen LogP contribution is -2.40. The Balaban J connectivity index is 1.94. The van der Waals surface area contributed by atoms with Crippen LogP contribution in [0.2, 0.25) is 5.02 Å². The molecule has 0 saturated carbocycles. The van der Waals surface area contributed by atoms with Crippen molar-refractivity contribution < 1.29 is 17.9 Å². The Labute approximate surface area is 181 Å². The van der Waals surface area contributed by atoms with Gasteiger partial charge in [-0.2, -0.15) is 4.31 Å². The smallest absolute Gasteiger partial charge is 0.278 e. The van der Waals surface area contributed by atoms with E-state index < -0.39 is 22.5 Å². The molecule has 0 N–H and O–H groups in total. The summed E-state index contributed by atoms with van der Waals surface area (Å²) in [6.45, 7) is 3.36. The molecule has 0 aliphatic heterocycles. The molecule has 5 nitrogen and oxygen atoms in total. The number of halogens is 1. The maximum Gasteiger partial charge on any atom is 0.278 e. The van der Waals surface area contributed by atoms with Gasteiger partial charge in [0.05, 0.1) is 10.6 Å². The lowest BCUT2D eigenvalue weighted by atomic mass is 10.1. The number of hydrogen-bond acceptors (Lipinski definition) is 4. The molecule has 0 heterocycles. The molecular weight excluding hydrogens is 422 g/mol. The average molecular weight is 444 g/mol. The number of nitrogens with zero attached hydrogens (tertiary/aromatic N) is 1. The predicted molar refractivity (Wildman–Crippen MR) is 119 cm³/mol. The molecule has 1 amide bonds. The van der Waals surface area contributed by atoms with Gasteiger partial charge in [-0.3, -0.25) is 4.79 Å². The van der Waals surface area contributed by atoms with Crippen LogP contribution >= 0.6 is 11.6 Å². The normalized spacial score (nSPS) is 11.2. The zero-order valence-electron chi connectivity index (χ0n) is 16.7. The average Bonchev–Trinajstić information content (AvgIpc) is 2.74. The van der Waals surface area contributed by atoms with Gasteiger partial charge in [0, 0.05) is 5.02 Å². The zero-order valence-corrected chi connectivity index (χ0v) is 18.3. The topological polar surface area (TPSA) is 63.7 Å². The van der Waals surface area contributed by atoms with Gasteiger partial charge in [-0.15, -0.1) is 0 Å². The Morgan fingerprint density at radius 1 is 1.00 bits per heavy atom. The fourth-order valence-electron chi connectivity index (χ4n) is 2.95. The molecule has 156 valence electrons. The Kier molecular flexibility index (Phi) is 6.80. The molecule has 0 saturated heterocycles. The van der Waals surface area contributed by atoms with Crippen LogP contribution in [0.25, 0.3) is 0 Å². The van der Waals surface area contributed by atoms with Crippen molar-refractivity contribution in [3.8, 4) is 5.75 Å². The number of rotatable bonds is 7. The minimum atomic E-state index is -4.11. The molecule has 3 aromatic rings. The Hall–Kier alpha value is -2.83. The number of benzene rings is 3. The maximum atomic E-state index is 13.3. The summed E-state index contributed by atoms with van der Waals surface area (Å²) < 4.78 is 33.0. The van der Waals surface area contributed by atoms with E-state index in [0.29, 0.717) is 10.8 Å². The number of carbonyl (C=O) groups is 1. The monoisotopic (exact) mass is 443 g/mol. The van der Waals surface area contributed by atoms with Gasteiger partial charge < -0.3 is 4.74 Å². The van der Waals surface area contributed by atoms with Crippen LogP contribution in [0.5, 0.6) is 5.75 Å². The van der Waals surface area contributed by atoms with Gasteiger partial charge in [-0.25, -0.2) is 8.42 Å². The van der Waals surface area contributed by atoms with E-state index in [2.05, 4.69) is 0 Å². The van der Waals surface area contributed by atoms with Crippen LogP contribution in [0.3, 0.4) is 0 Å². The lowest BCUT2D eigenvalue weighted by Gasteiger charge is -2.23. The van der Waals surface area contributed by atoms with Crippen molar-refractivity contribution in [1.82, 2.24) is 0 Å². The number of carbonyl (C=O) groups excluding carboxylic acids is 1. The molecule has 0 bridgehead atoms. The maximum absolute atomic E-state index is 13.3. The quantitative estimate of drug-likeness (QED) is 0.514. The second-order valence-corrected chi connectivity index (χ2v) is 8.92. The van der Waals surface area contributed by atoms with Crippen LogP contribution in [0.4, 0.5) is 5.69 Å². The van der Waals surface area contributed by atoms with Crippen LogP contribution < -0.4 is 9.04 Å². The number of aryl methyl sites for hydroxylation is 2. The van der Waals surface area contributed by atoms with Gasteiger partial charge in [0.15, 0.2) is 6.61 Å². The minimum absolute atomic E-state index is 0.0283. The van der Waals surface area contributed by atoms with Gasteiger partial charge in [0.1, 0.15) is 5.75 Å². The molecule has 0 atom stereocenters. The van der Waals surface area contributed by atoms with Crippen molar-refractivity contribution in [2.45, 2.75) is 25.2 Å². The molecule has 0 spiro atoms. The number of anilines is 1. The van der Waals surface area contributed by atoms with Crippen LogP contribution in [-0.4, -0.2) is 20.9 Å². The molecule has 7 heteroatoms. The van der Waals surface area contributed by atoms with Gasteiger partial charge in [0.25, 0.3) is 15.9 Å². The highest BCUT2D eigenvalue weighted by molar-refractivity contribution is 7.93. The van der Waals surface area contributed by atoms with Crippen LogP contribution in [0.1, 0.15) is 18.1 Å². The van der Waals surface area contributed by atoms with E-state index in [0.717, 1.165) is 21.9 Å². The summed E-state index contributed by atoms with van der Waals surface area (Å²) >= 11 is 5.95. The third-order valence-corrected chi connectivity index (χ3v) is 6.57. The van der Waals surface area contributed by atoms with Crippen molar-refractivity contribution in [2.75, 3.05) is 10.9 Å². The summed E-state index contributed by atoms with van der Waals surface area (Å²) in [6.07, 6.45) is 0.804. The number of ether oxygens (including phenoxy) is 1. The molecule has 0 aliphatic rings. The van der Waals surface area contributed by atoms with Gasteiger partial charge in [0.2, 0.25) is 0 Å². The Morgan fingerprint density at radius 3 is 2.27 bits per heavy atom. The molecule has 0 aromatic heterocycles. The largest absolute Gasteiger partial charge is 0.483 e. The second-order valence-electron chi connectivity index (χ2n) is 6.69. The molecule has 0 aliphatic carbocycles. The summed E-state index contributed by atoms with van der Waals surface area (Å²) in [5, 5.41) is 0.551. The third-order valence-electron chi connectivity index (χ3n) is 4.58. The highest BCUT2D eigenvalue weighted by Crippen LogP contribution is 2.26. The van der Waals surface area contributed by atoms with E-state index in [-0.39, 0.29) is 10.6 Å². The minimum Gasteiger partial charge on any atom is -0.483 e. The fourth-order valence-corrected chi connectivity index (χ4v) is 4.61. The van der Waals surface area contributed by atoms with Crippen LogP contribution in [-0.2, 0) is 21.2 Å². The molecule has 0 radical (unpaired) electrons. The van der Waals surface area contributed by atoms with E-state index in [9.17, 15) is 13.2 Å². The lowest BCUT2D eigenvalue weighted by molar-refractivity contribution is -0.119. The summed E-state index contributed by atoms with van der Waals surface area (Å²) in [5.74, 6) is -0.233. The van der Waals surface area contributed by atoms with Crippen molar-refractivity contribution in [3.63, 3.8) is 0 Å². The zero-order chi connectivity index (χ0) is 21.7. The first-order valence-electron chi connectivity index (χ1n) is 9.44. The van der Waals surface area contributed by atoms with Crippen molar-refractivity contribution in [3.05, 3.63) is 88.9 Å². The molecule has 3 aromatic carbocycles. The van der Waals surface area contributed by atoms with Crippen LogP contribution in [0.15, 0.2) is 77.7 Å². The molecule has 30 heavy (non-hydrogen) atoms. The van der Waals surface area contributed by atoms with Crippen molar-refractivity contribution in [1.29, 1.82) is 0 Å². The van der Waals surface area contributed by atoms with E-state index in [1.165, 1.54) is 12.1 Å². The summed E-state index contributed by atoms with van der Waals surface area (Å²) in [7, 11) is -4.11. The number of hydrogen-bond donors (Lipinski definition) is 0. The van der Waals surface area contributed by atoms with E-state index in [4.69, 9.17) is 16.3 Å². The molecule has 0 fully saturated rings. The fraction of sp³-hybridized carbons (Fsp3) is 0.174. The van der Waals surface area contributed by atoms with Gasteiger partial charge >= 0.3 is 0 Å². The number of amides is 1. The van der Waals surface area contributed by atoms with Gasteiger partial charge in [-0.05, 0) is 66.9 Å².